The molecule has 3 aromatic carbocycles. The van der Waals surface area contributed by atoms with Gasteiger partial charge in [-0.1, -0.05) is 60.3 Å². The quantitative estimate of drug-likeness (QED) is 0.185. The first-order chi connectivity index (χ1) is 16.9. The second-order valence-corrected chi connectivity index (χ2v) is 9.77. The number of hydrogen-bond acceptors (Lipinski definition) is 5. The molecule has 1 atom stereocenters. The summed E-state index contributed by atoms with van der Waals surface area (Å²) < 4.78 is 7.30. The normalized spacial score (nSPS) is 12.3. The van der Waals surface area contributed by atoms with Gasteiger partial charge in [0.2, 0.25) is 5.91 Å². The second kappa shape index (κ2) is 11.5. The number of nitrogens with one attached hydrogen (secondary N) is 1. The molecule has 0 radical (unpaired) electrons. The fraction of sp³-hybridized carbons (Fsp3) is 0.321. The molecule has 0 aliphatic rings. The third-order valence-corrected chi connectivity index (χ3v) is 6.76. The van der Waals surface area contributed by atoms with E-state index in [1.807, 2.05) is 57.2 Å². The van der Waals surface area contributed by atoms with Crippen LogP contribution in [0.1, 0.15) is 38.8 Å². The van der Waals surface area contributed by atoms with Crippen LogP contribution in [0.25, 0.3) is 21.7 Å². The molecule has 6 nitrogen and oxygen atoms in total. The largest absolute Gasteiger partial charge is 0.379 e. The third-order valence-electron chi connectivity index (χ3n) is 5.79. The molecule has 35 heavy (non-hydrogen) atoms. The van der Waals surface area contributed by atoms with Crippen molar-refractivity contribution in [3.8, 4) is 0 Å². The molecule has 0 aliphatic carbocycles. The van der Waals surface area contributed by atoms with E-state index in [0.717, 1.165) is 10.9 Å². The number of para-hydroxylation sites is 1. The Labute approximate surface area is 209 Å². The van der Waals surface area contributed by atoms with Crippen LogP contribution in [-0.4, -0.2) is 33.9 Å². The summed E-state index contributed by atoms with van der Waals surface area (Å²) in [5.41, 5.74) is 1.60. The number of aromatic nitrogens is 2. The van der Waals surface area contributed by atoms with Crippen molar-refractivity contribution in [2.24, 2.45) is 0 Å². The van der Waals surface area contributed by atoms with Crippen LogP contribution in [0.4, 0.5) is 0 Å². The van der Waals surface area contributed by atoms with Crippen LogP contribution in [-0.2, 0) is 16.1 Å². The topological polar surface area (TPSA) is 73.2 Å². The van der Waals surface area contributed by atoms with Gasteiger partial charge in [0.05, 0.1) is 28.8 Å². The van der Waals surface area contributed by atoms with Crippen LogP contribution < -0.4 is 10.9 Å². The van der Waals surface area contributed by atoms with Crippen molar-refractivity contribution in [1.29, 1.82) is 0 Å². The minimum Gasteiger partial charge on any atom is -0.379 e. The van der Waals surface area contributed by atoms with Gasteiger partial charge in [-0.05, 0) is 61.7 Å². The molecule has 4 rings (SSSR count). The molecule has 1 unspecified atom stereocenters. The summed E-state index contributed by atoms with van der Waals surface area (Å²) in [6, 6.07) is 21.6. The van der Waals surface area contributed by atoms with Gasteiger partial charge in [-0.25, -0.2) is 4.98 Å². The van der Waals surface area contributed by atoms with Gasteiger partial charge in [0.25, 0.3) is 5.56 Å². The number of ether oxygens (including phenoxy) is 1. The lowest BCUT2D eigenvalue weighted by Crippen LogP contribution is -2.29. The molecule has 0 bridgehead atoms. The number of benzene rings is 3. The zero-order chi connectivity index (χ0) is 24.8. The van der Waals surface area contributed by atoms with E-state index in [0.29, 0.717) is 35.6 Å². The summed E-state index contributed by atoms with van der Waals surface area (Å²) in [7, 11) is 0. The average molecular weight is 490 g/mol. The molecule has 1 amide bonds. The Morgan fingerprint density at radius 3 is 2.57 bits per heavy atom. The van der Waals surface area contributed by atoms with Crippen LogP contribution >= 0.6 is 11.8 Å². The fourth-order valence-electron chi connectivity index (χ4n) is 3.97. The van der Waals surface area contributed by atoms with Gasteiger partial charge in [-0.15, -0.1) is 0 Å². The maximum atomic E-state index is 13.2. The molecular weight excluding hydrogens is 458 g/mol. The number of carbonyl (C=O) groups excluding carboxylic acids is 1. The lowest BCUT2D eigenvalue weighted by molar-refractivity contribution is -0.119. The molecule has 0 saturated heterocycles. The Balaban J connectivity index is 1.46. The first-order valence-electron chi connectivity index (χ1n) is 11.9. The minimum absolute atomic E-state index is 0.0902. The molecular formula is C28H31N3O3S. The van der Waals surface area contributed by atoms with Crippen molar-refractivity contribution in [2.45, 2.75) is 51.0 Å². The maximum absolute atomic E-state index is 13.2. The van der Waals surface area contributed by atoms with Crippen LogP contribution in [0.2, 0.25) is 0 Å². The van der Waals surface area contributed by atoms with E-state index < -0.39 is 0 Å². The van der Waals surface area contributed by atoms with Crippen molar-refractivity contribution >= 4 is 39.3 Å². The number of carbonyl (C=O) groups is 1. The summed E-state index contributed by atoms with van der Waals surface area (Å²) >= 11 is 1.29. The summed E-state index contributed by atoms with van der Waals surface area (Å²) in [6.45, 7) is 7.00. The summed E-state index contributed by atoms with van der Waals surface area (Å²) in [5, 5.41) is 6.52. The predicted octanol–water partition coefficient (Wildman–Crippen LogP) is 5.33. The lowest BCUT2D eigenvalue weighted by Gasteiger charge is -2.16. The van der Waals surface area contributed by atoms with Gasteiger partial charge in [0, 0.05) is 13.2 Å². The second-order valence-electron chi connectivity index (χ2n) is 8.83. The van der Waals surface area contributed by atoms with E-state index in [4.69, 9.17) is 9.72 Å². The summed E-state index contributed by atoms with van der Waals surface area (Å²) in [6.07, 6.45) is 0.834. The molecule has 0 spiro atoms. The Morgan fingerprint density at radius 1 is 1.03 bits per heavy atom. The van der Waals surface area contributed by atoms with Crippen molar-refractivity contribution < 1.29 is 9.53 Å². The zero-order valence-corrected chi connectivity index (χ0v) is 21.2. The zero-order valence-electron chi connectivity index (χ0n) is 20.4. The van der Waals surface area contributed by atoms with E-state index in [-0.39, 0.29) is 29.4 Å². The van der Waals surface area contributed by atoms with Crippen molar-refractivity contribution in [3.05, 3.63) is 82.6 Å². The number of thioether (sulfide) groups is 1. The van der Waals surface area contributed by atoms with Gasteiger partial charge in [-0.2, -0.15) is 0 Å². The molecule has 182 valence electrons. The summed E-state index contributed by atoms with van der Waals surface area (Å²) in [4.78, 5) is 30.7. The van der Waals surface area contributed by atoms with Gasteiger partial charge in [-0.3, -0.25) is 14.2 Å². The van der Waals surface area contributed by atoms with E-state index in [2.05, 4.69) is 29.6 Å². The monoisotopic (exact) mass is 489 g/mol. The molecule has 0 saturated carbocycles. The van der Waals surface area contributed by atoms with Crippen LogP contribution in [0, 0.1) is 0 Å². The molecule has 4 aromatic rings. The number of fused-ring (bicyclic) bond motifs is 2. The smallest absolute Gasteiger partial charge is 0.262 e. The van der Waals surface area contributed by atoms with Crippen molar-refractivity contribution in [2.75, 3.05) is 12.4 Å². The number of rotatable bonds is 10. The standard InChI is InChI=1S/C28H31N3O3S/c1-19(2)34-16-8-15-31-27(33)24-11-6-7-12-25(24)30-28(31)35-18-26(32)29-20(3)22-14-13-21-9-4-5-10-23(21)17-22/h4-7,9-14,17,19-20H,8,15-16,18H2,1-3H3,(H,29,32). The Kier molecular flexibility index (Phi) is 8.21. The molecule has 7 heteroatoms. The highest BCUT2D eigenvalue weighted by molar-refractivity contribution is 7.99. The Bertz CT molecular complexity index is 1380. The van der Waals surface area contributed by atoms with Gasteiger partial charge < -0.3 is 10.1 Å². The van der Waals surface area contributed by atoms with Gasteiger partial charge in [0.15, 0.2) is 5.16 Å². The summed E-state index contributed by atoms with van der Waals surface area (Å²) in [5.74, 6) is 0.0679. The van der Waals surface area contributed by atoms with Crippen LogP contribution in [0.15, 0.2) is 76.7 Å². The Hall–Kier alpha value is -3.16. The van der Waals surface area contributed by atoms with E-state index in [1.165, 1.54) is 17.1 Å². The third kappa shape index (κ3) is 6.29. The molecule has 1 N–H and O–H groups in total. The van der Waals surface area contributed by atoms with E-state index >= 15 is 0 Å². The highest BCUT2D eigenvalue weighted by Crippen LogP contribution is 2.22. The highest BCUT2D eigenvalue weighted by Gasteiger charge is 2.15. The molecule has 1 aromatic heterocycles. The number of nitrogens with zero attached hydrogens (tertiary/aromatic N) is 2. The molecule has 0 fully saturated rings. The van der Waals surface area contributed by atoms with E-state index in [9.17, 15) is 9.59 Å². The van der Waals surface area contributed by atoms with Gasteiger partial charge in [0.1, 0.15) is 0 Å². The number of hydrogen-bond donors (Lipinski definition) is 1. The van der Waals surface area contributed by atoms with Gasteiger partial charge >= 0.3 is 0 Å². The SMILES string of the molecule is CC(C)OCCCn1c(SCC(=O)NC(C)c2ccc3ccccc3c2)nc2ccccc2c1=O. The molecule has 0 aliphatic heterocycles. The highest BCUT2D eigenvalue weighted by atomic mass is 32.2. The maximum Gasteiger partial charge on any atom is 0.262 e. The first kappa shape index (κ1) is 24.9. The first-order valence-corrected chi connectivity index (χ1v) is 12.9. The minimum atomic E-state index is -0.132. The Morgan fingerprint density at radius 2 is 1.77 bits per heavy atom. The predicted molar refractivity (Wildman–Crippen MR) is 143 cm³/mol. The van der Waals surface area contributed by atoms with Crippen molar-refractivity contribution in [1.82, 2.24) is 14.9 Å². The lowest BCUT2D eigenvalue weighted by atomic mass is 10.0. The van der Waals surface area contributed by atoms with Crippen molar-refractivity contribution in [3.63, 3.8) is 0 Å². The van der Waals surface area contributed by atoms with Crippen LogP contribution in [0.5, 0.6) is 0 Å². The van der Waals surface area contributed by atoms with Crippen LogP contribution in [0.3, 0.4) is 0 Å². The van der Waals surface area contributed by atoms with E-state index in [1.54, 1.807) is 10.6 Å². The number of amides is 1. The molecule has 1 heterocycles. The average Bonchev–Trinajstić information content (AvgIpc) is 2.86. The fourth-order valence-corrected chi connectivity index (χ4v) is 4.81.